The molecule has 0 spiro atoms. The summed E-state index contributed by atoms with van der Waals surface area (Å²) in [6, 6.07) is 1.72. The Hall–Kier alpha value is -2.02. The Morgan fingerprint density at radius 3 is 2.57 bits per heavy atom. The smallest absolute Gasteiger partial charge is 0.276 e. The number of aromatic nitrogens is 3. The first-order chi connectivity index (χ1) is 11.1. The molecule has 2 aromatic rings. The van der Waals surface area contributed by atoms with Crippen molar-refractivity contribution in [3.63, 3.8) is 0 Å². The number of amides is 1. The maximum absolute atomic E-state index is 12.4. The molecule has 3 heterocycles. The quantitative estimate of drug-likeness (QED) is 0.935. The average Bonchev–Trinajstić information content (AvgIpc) is 2.77. The van der Waals surface area contributed by atoms with Crippen LogP contribution in [0.5, 0.6) is 0 Å². The topological polar surface area (TPSA) is 71.0 Å². The molecule has 1 aliphatic rings. The molecule has 122 valence electrons. The highest BCUT2D eigenvalue weighted by molar-refractivity contribution is 7.15. The third-order valence-electron chi connectivity index (χ3n) is 3.81. The fourth-order valence-electron chi connectivity index (χ4n) is 2.65. The van der Waals surface area contributed by atoms with Gasteiger partial charge in [0.15, 0.2) is 5.13 Å². The predicted molar refractivity (Wildman–Crippen MR) is 92.3 cm³/mol. The first-order valence-corrected chi connectivity index (χ1v) is 8.78. The molecule has 3 rings (SSSR count). The summed E-state index contributed by atoms with van der Waals surface area (Å²) in [4.78, 5) is 28.8. The lowest BCUT2D eigenvalue weighted by Gasteiger charge is -2.20. The number of carbonyl (C=O) groups excluding carboxylic acids is 1. The Morgan fingerprint density at radius 1 is 1.17 bits per heavy atom. The van der Waals surface area contributed by atoms with Gasteiger partial charge in [0, 0.05) is 29.9 Å². The van der Waals surface area contributed by atoms with Gasteiger partial charge in [-0.2, -0.15) is 0 Å². The Labute approximate surface area is 140 Å². The highest BCUT2D eigenvalue weighted by atomic mass is 32.1. The highest BCUT2D eigenvalue weighted by Crippen LogP contribution is 2.19. The van der Waals surface area contributed by atoms with Crippen LogP contribution >= 0.6 is 11.3 Å². The minimum atomic E-state index is -0.235. The van der Waals surface area contributed by atoms with Gasteiger partial charge in [0.1, 0.15) is 5.69 Å². The van der Waals surface area contributed by atoms with Crippen LogP contribution in [0, 0.1) is 13.8 Å². The summed E-state index contributed by atoms with van der Waals surface area (Å²) in [5.74, 6) is 0.424. The lowest BCUT2D eigenvalue weighted by Crippen LogP contribution is -2.27. The molecule has 0 atom stereocenters. The van der Waals surface area contributed by atoms with E-state index in [4.69, 9.17) is 0 Å². The Morgan fingerprint density at radius 2 is 1.91 bits per heavy atom. The van der Waals surface area contributed by atoms with Crippen LogP contribution in [0.25, 0.3) is 0 Å². The molecular weight excluding hydrogens is 310 g/mol. The molecule has 1 N–H and O–H groups in total. The summed E-state index contributed by atoms with van der Waals surface area (Å²) in [5.41, 5.74) is 1.20. The summed E-state index contributed by atoms with van der Waals surface area (Å²) in [7, 11) is 0. The molecule has 0 aliphatic carbocycles. The van der Waals surface area contributed by atoms with E-state index in [1.165, 1.54) is 24.2 Å². The van der Waals surface area contributed by atoms with E-state index in [0.717, 1.165) is 36.5 Å². The van der Waals surface area contributed by atoms with E-state index in [9.17, 15) is 4.79 Å². The van der Waals surface area contributed by atoms with Crippen LogP contribution in [0.3, 0.4) is 0 Å². The van der Waals surface area contributed by atoms with Crippen molar-refractivity contribution in [3.8, 4) is 0 Å². The molecule has 0 radical (unpaired) electrons. The first-order valence-electron chi connectivity index (χ1n) is 7.96. The molecule has 0 bridgehead atoms. The van der Waals surface area contributed by atoms with Crippen LogP contribution in [0.15, 0.2) is 12.3 Å². The van der Waals surface area contributed by atoms with E-state index in [2.05, 4.69) is 25.2 Å². The average molecular weight is 331 g/mol. The van der Waals surface area contributed by atoms with Crippen molar-refractivity contribution in [1.82, 2.24) is 15.0 Å². The predicted octanol–water partition coefficient (Wildman–Crippen LogP) is 3.18. The van der Waals surface area contributed by atoms with E-state index in [0.29, 0.717) is 16.8 Å². The molecule has 0 saturated carbocycles. The Bertz CT molecular complexity index is 692. The molecule has 0 unspecified atom stereocenters. The van der Waals surface area contributed by atoms with Gasteiger partial charge in [-0.3, -0.25) is 10.1 Å². The van der Waals surface area contributed by atoms with Crippen molar-refractivity contribution in [2.75, 3.05) is 23.3 Å². The van der Waals surface area contributed by atoms with Gasteiger partial charge in [-0.15, -0.1) is 11.3 Å². The van der Waals surface area contributed by atoms with E-state index >= 15 is 0 Å². The number of rotatable bonds is 3. The second-order valence-electron chi connectivity index (χ2n) is 5.83. The third-order valence-corrected chi connectivity index (χ3v) is 4.63. The van der Waals surface area contributed by atoms with Gasteiger partial charge >= 0.3 is 0 Å². The summed E-state index contributed by atoms with van der Waals surface area (Å²) in [6.45, 7) is 5.76. The van der Waals surface area contributed by atoms with E-state index in [1.54, 1.807) is 12.3 Å². The number of hydrogen-bond acceptors (Lipinski definition) is 6. The largest absolute Gasteiger partial charge is 0.341 e. The monoisotopic (exact) mass is 331 g/mol. The SMILES string of the molecule is Cc1cc(C(=O)Nc2ncc(C)s2)nc(N2CCCCCC2)n1. The van der Waals surface area contributed by atoms with Crippen molar-refractivity contribution < 1.29 is 4.79 Å². The van der Waals surface area contributed by atoms with Crippen LogP contribution in [0.4, 0.5) is 11.1 Å². The molecule has 1 amide bonds. The van der Waals surface area contributed by atoms with Gasteiger partial charge in [-0.1, -0.05) is 12.8 Å². The molecule has 1 aliphatic heterocycles. The molecule has 23 heavy (non-hydrogen) atoms. The van der Waals surface area contributed by atoms with Crippen LogP contribution < -0.4 is 10.2 Å². The van der Waals surface area contributed by atoms with E-state index in [-0.39, 0.29) is 5.91 Å². The van der Waals surface area contributed by atoms with Crippen molar-refractivity contribution in [3.05, 3.63) is 28.5 Å². The van der Waals surface area contributed by atoms with Crippen molar-refractivity contribution in [2.45, 2.75) is 39.5 Å². The number of nitrogens with one attached hydrogen (secondary N) is 1. The van der Waals surface area contributed by atoms with Crippen molar-refractivity contribution in [1.29, 1.82) is 0 Å². The maximum Gasteiger partial charge on any atom is 0.276 e. The number of hydrogen-bond donors (Lipinski definition) is 1. The molecule has 1 saturated heterocycles. The fraction of sp³-hybridized carbons (Fsp3) is 0.500. The van der Waals surface area contributed by atoms with Gasteiger partial charge in [-0.05, 0) is 32.8 Å². The van der Waals surface area contributed by atoms with Gasteiger partial charge in [0.05, 0.1) is 0 Å². The first kappa shape index (κ1) is 15.9. The standard InChI is InChI=1S/C16H21N5OS/c1-11-9-13(14(22)20-16-17-10-12(2)23-16)19-15(18-11)21-7-5-3-4-6-8-21/h9-10H,3-8H2,1-2H3,(H,17,20,22). The van der Waals surface area contributed by atoms with Gasteiger partial charge < -0.3 is 4.90 Å². The fourth-order valence-corrected chi connectivity index (χ4v) is 3.31. The van der Waals surface area contributed by atoms with Crippen molar-refractivity contribution >= 4 is 28.3 Å². The lowest BCUT2D eigenvalue weighted by molar-refractivity contribution is 0.102. The van der Waals surface area contributed by atoms with E-state index in [1.807, 2.05) is 13.8 Å². The summed E-state index contributed by atoms with van der Waals surface area (Å²) >= 11 is 1.45. The molecule has 0 aromatic carbocycles. The molecule has 2 aromatic heterocycles. The Balaban J connectivity index is 1.80. The zero-order valence-corrected chi connectivity index (χ0v) is 14.3. The van der Waals surface area contributed by atoms with Crippen molar-refractivity contribution in [2.24, 2.45) is 0 Å². The van der Waals surface area contributed by atoms with Crippen LogP contribution in [0.2, 0.25) is 0 Å². The van der Waals surface area contributed by atoms with Crippen LogP contribution in [-0.4, -0.2) is 33.9 Å². The molecular formula is C16H21N5OS. The van der Waals surface area contributed by atoms with Crippen LogP contribution in [0.1, 0.15) is 46.7 Å². The lowest BCUT2D eigenvalue weighted by atomic mass is 10.2. The molecule has 7 heteroatoms. The summed E-state index contributed by atoms with van der Waals surface area (Å²) in [5, 5.41) is 3.41. The van der Waals surface area contributed by atoms with Gasteiger partial charge in [-0.25, -0.2) is 15.0 Å². The zero-order chi connectivity index (χ0) is 16.2. The number of nitrogens with zero attached hydrogens (tertiary/aromatic N) is 4. The maximum atomic E-state index is 12.4. The second-order valence-corrected chi connectivity index (χ2v) is 7.06. The molecule has 6 nitrogen and oxygen atoms in total. The minimum Gasteiger partial charge on any atom is -0.341 e. The minimum absolute atomic E-state index is 0.235. The van der Waals surface area contributed by atoms with Gasteiger partial charge in [0.2, 0.25) is 5.95 Å². The van der Waals surface area contributed by atoms with Gasteiger partial charge in [0.25, 0.3) is 5.91 Å². The van der Waals surface area contributed by atoms with E-state index < -0.39 is 0 Å². The number of anilines is 2. The number of carbonyl (C=O) groups is 1. The number of aryl methyl sites for hydroxylation is 2. The summed E-state index contributed by atoms with van der Waals surface area (Å²) < 4.78 is 0. The zero-order valence-electron chi connectivity index (χ0n) is 13.5. The Kier molecular flexibility index (Phi) is 4.85. The normalized spacial score (nSPS) is 15.3. The van der Waals surface area contributed by atoms with Crippen LogP contribution in [-0.2, 0) is 0 Å². The third kappa shape index (κ3) is 4.04. The molecule has 1 fully saturated rings. The second kappa shape index (κ2) is 7.04. The number of thiazole rings is 1. The summed E-state index contributed by atoms with van der Waals surface area (Å²) in [6.07, 6.45) is 6.54. The highest BCUT2D eigenvalue weighted by Gasteiger charge is 2.17.